The molecule has 2 aromatic carbocycles. The van der Waals surface area contributed by atoms with Crippen LogP contribution in [0.5, 0.6) is 11.5 Å². The summed E-state index contributed by atoms with van der Waals surface area (Å²) in [5, 5.41) is 17.9. The second-order valence-corrected chi connectivity index (χ2v) is 6.81. The number of anilines is 1. The van der Waals surface area contributed by atoms with Gasteiger partial charge in [-0.25, -0.2) is 4.39 Å². The topological polar surface area (TPSA) is 58.5 Å². The standard InChI is InChI=1S/C23H20FN3O2.K.H/c24-21-6-1-2-7-22(21)29-20-12-14-27(15-13-20)23-11-10-18(25-26-23)9-8-17-4-3-5-19(28)16-17;;/h1-7,10-11,16,20,28H,12-15H2;;/q;+1;-1. The number of hydrogen-bond acceptors (Lipinski definition) is 5. The van der Waals surface area contributed by atoms with Crippen molar-refractivity contribution in [1.29, 1.82) is 0 Å². The van der Waals surface area contributed by atoms with Crippen LogP contribution in [0.15, 0.2) is 60.7 Å². The molecule has 0 bridgehead atoms. The molecule has 1 saturated heterocycles. The molecule has 5 nitrogen and oxygen atoms in total. The summed E-state index contributed by atoms with van der Waals surface area (Å²) in [5.41, 5.74) is 1.28. The number of rotatable bonds is 3. The van der Waals surface area contributed by atoms with E-state index >= 15 is 0 Å². The zero-order valence-corrected chi connectivity index (χ0v) is 19.9. The Morgan fingerprint density at radius 2 is 1.80 bits per heavy atom. The molecule has 0 atom stereocenters. The summed E-state index contributed by atoms with van der Waals surface area (Å²) >= 11 is 0. The zero-order valence-electron chi connectivity index (χ0n) is 17.8. The van der Waals surface area contributed by atoms with E-state index in [1.165, 1.54) is 6.07 Å². The zero-order chi connectivity index (χ0) is 20.1. The Bertz CT molecular complexity index is 1050. The molecule has 1 fully saturated rings. The molecule has 0 unspecified atom stereocenters. The number of piperidine rings is 1. The van der Waals surface area contributed by atoms with Gasteiger partial charge in [-0.2, -0.15) is 0 Å². The number of aromatic hydroxyl groups is 1. The summed E-state index contributed by atoms with van der Waals surface area (Å²) in [4.78, 5) is 2.14. The van der Waals surface area contributed by atoms with Crippen LogP contribution in [0.1, 0.15) is 25.5 Å². The van der Waals surface area contributed by atoms with Gasteiger partial charge >= 0.3 is 51.4 Å². The maximum absolute atomic E-state index is 13.7. The molecule has 0 saturated carbocycles. The fraction of sp³-hybridized carbons (Fsp3) is 0.217. The third kappa shape index (κ3) is 6.03. The van der Waals surface area contributed by atoms with E-state index in [-0.39, 0.29) is 70.5 Å². The van der Waals surface area contributed by atoms with Gasteiger partial charge in [0.2, 0.25) is 0 Å². The van der Waals surface area contributed by atoms with Crippen molar-refractivity contribution in [2.24, 2.45) is 0 Å². The second kappa shape index (κ2) is 10.9. The van der Waals surface area contributed by atoms with E-state index in [1.807, 2.05) is 18.2 Å². The van der Waals surface area contributed by atoms with Crippen molar-refractivity contribution < 1.29 is 67.0 Å². The Morgan fingerprint density at radius 3 is 2.50 bits per heavy atom. The average molecular weight is 430 g/mol. The van der Waals surface area contributed by atoms with Crippen LogP contribution in [-0.4, -0.2) is 34.5 Å². The number of benzene rings is 2. The molecule has 30 heavy (non-hydrogen) atoms. The van der Waals surface area contributed by atoms with Crippen molar-refractivity contribution in [2.75, 3.05) is 18.0 Å². The minimum absolute atomic E-state index is 0. The van der Waals surface area contributed by atoms with Crippen LogP contribution in [0, 0.1) is 17.7 Å². The maximum atomic E-state index is 13.7. The number of phenolic OH excluding ortho intramolecular Hbond substituents is 1. The van der Waals surface area contributed by atoms with E-state index < -0.39 is 0 Å². The van der Waals surface area contributed by atoms with Gasteiger partial charge in [-0.15, -0.1) is 10.2 Å². The molecule has 4 rings (SSSR count). The van der Waals surface area contributed by atoms with Crippen molar-refractivity contribution in [3.8, 4) is 23.3 Å². The maximum Gasteiger partial charge on any atom is 1.00 e. The van der Waals surface area contributed by atoms with Gasteiger partial charge in [0.15, 0.2) is 17.4 Å². The third-order valence-electron chi connectivity index (χ3n) is 4.73. The van der Waals surface area contributed by atoms with Crippen molar-refractivity contribution in [3.63, 3.8) is 0 Å². The van der Waals surface area contributed by atoms with Crippen molar-refractivity contribution in [3.05, 3.63) is 77.7 Å². The van der Waals surface area contributed by atoms with E-state index in [4.69, 9.17) is 4.74 Å². The van der Waals surface area contributed by atoms with E-state index in [1.54, 1.807) is 36.4 Å². The predicted octanol–water partition coefficient (Wildman–Crippen LogP) is 0.885. The fourth-order valence-electron chi connectivity index (χ4n) is 3.20. The number of phenols is 1. The Balaban J connectivity index is 0.00000171. The number of nitrogens with zero attached hydrogens (tertiary/aromatic N) is 3. The summed E-state index contributed by atoms with van der Waals surface area (Å²) in [7, 11) is 0. The number of aromatic nitrogens is 2. The molecule has 1 aromatic heterocycles. The smallest absolute Gasteiger partial charge is 1.00 e. The van der Waals surface area contributed by atoms with Crippen LogP contribution >= 0.6 is 0 Å². The number of para-hydroxylation sites is 1. The first-order valence-corrected chi connectivity index (χ1v) is 9.48. The molecule has 1 aliphatic rings. The number of halogens is 1. The van der Waals surface area contributed by atoms with Gasteiger partial charge in [-0.3, -0.25) is 0 Å². The molecular weight excluding hydrogens is 408 g/mol. The summed E-state index contributed by atoms with van der Waals surface area (Å²) in [6.07, 6.45) is 1.56. The van der Waals surface area contributed by atoms with Crippen molar-refractivity contribution in [2.45, 2.75) is 18.9 Å². The van der Waals surface area contributed by atoms with Gasteiger partial charge < -0.3 is 16.2 Å². The van der Waals surface area contributed by atoms with Gasteiger partial charge in [0.25, 0.3) is 0 Å². The Hall–Kier alpha value is -1.95. The van der Waals surface area contributed by atoms with E-state index in [0.717, 1.165) is 31.7 Å². The summed E-state index contributed by atoms with van der Waals surface area (Å²) in [6, 6.07) is 17.0. The van der Waals surface area contributed by atoms with Crippen LogP contribution in [-0.2, 0) is 0 Å². The van der Waals surface area contributed by atoms with Gasteiger partial charge in [-0.05, 0) is 48.4 Å². The quantitative estimate of drug-likeness (QED) is 0.495. The Kier molecular flexibility index (Phi) is 8.25. The average Bonchev–Trinajstić information content (AvgIpc) is 2.75. The van der Waals surface area contributed by atoms with E-state index in [9.17, 15) is 9.50 Å². The first-order chi connectivity index (χ1) is 14.2. The molecule has 1 N–H and O–H groups in total. The number of ether oxygens (including phenoxy) is 1. The van der Waals surface area contributed by atoms with Crippen LogP contribution in [0.25, 0.3) is 0 Å². The van der Waals surface area contributed by atoms with Gasteiger partial charge in [0, 0.05) is 31.5 Å². The van der Waals surface area contributed by atoms with Gasteiger partial charge in [-0.1, -0.05) is 24.1 Å². The molecule has 1 aliphatic heterocycles. The summed E-state index contributed by atoms with van der Waals surface area (Å²) in [5.74, 6) is 6.86. The van der Waals surface area contributed by atoms with Crippen molar-refractivity contribution >= 4 is 5.82 Å². The molecule has 0 amide bonds. The SMILES string of the molecule is Oc1cccc(C#Cc2ccc(N3CCC(Oc4ccccc4F)CC3)nn2)c1.[H-].[K+]. The Labute approximate surface area is 219 Å². The molecule has 0 radical (unpaired) electrons. The van der Waals surface area contributed by atoms with Crippen molar-refractivity contribution in [1.82, 2.24) is 10.2 Å². The van der Waals surface area contributed by atoms with Crippen LogP contribution in [0.4, 0.5) is 10.2 Å². The largest absolute Gasteiger partial charge is 1.00 e. The van der Waals surface area contributed by atoms with E-state index in [0.29, 0.717) is 17.0 Å². The summed E-state index contributed by atoms with van der Waals surface area (Å²) in [6.45, 7) is 1.53. The molecule has 3 aromatic rings. The Morgan fingerprint density at radius 1 is 1.00 bits per heavy atom. The predicted molar refractivity (Wildman–Crippen MR) is 109 cm³/mol. The molecule has 0 spiro atoms. The molecular formula is C23H21FKN3O2. The minimum atomic E-state index is -0.330. The first-order valence-electron chi connectivity index (χ1n) is 9.48. The number of hydrogen-bond donors (Lipinski definition) is 1. The van der Waals surface area contributed by atoms with Crippen LogP contribution in [0.2, 0.25) is 0 Å². The van der Waals surface area contributed by atoms with Crippen LogP contribution < -0.4 is 61.0 Å². The minimum Gasteiger partial charge on any atom is -1.00 e. The fourth-order valence-corrected chi connectivity index (χ4v) is 3.20. The normalized spacial score (nSPS) is 13.7. The molecule has 7 heteroatoms. The van der Waals surface area contributed by atoms with Gasteiger partial charge in [0.1, 0.15) is 17.5 Å². The monoisotopic (exact) mass is 429 g/mol. The molecule has 0 aliphatic carbocycles. The summed E-state index contributed by atoms with van der Waals surface area (Å²) < 4.78 is 19.5. The second-order valence-electron chi connectivity index (χ2n) is 6.81. The first kappa shape index (κ1) is 22.7. The van der Waals surface area contributed by atoms with Gasteiger partial charge in [0.05, 0.1) is 0 Å². The van der Waals surface area contributed by atoms with Crippen LogP contribution in [0.3, 0.4) is 0 Å². The molecule has 148 valence electrons. The van der Waals surface area contributed by atoms with E-state index in [2.05, 4.69) is 26.9 Å². The molecule has 2 heterocycles. The third-order valence-corrected chi connectivity index (χ3v) is 4.73.